The summed E-state index contributed by atoms with van der Waals surface area (Å²) in [5.74, 6) is 0.903. The lowest BCUT2D eigenvalue weighted by molar-refractivity contribution is -0.120. The molecule has 0 aliphatic heterocycles. The number of nitrogens with zero attached hydrogens (tertiary/aromatic N) is 4. The molecule has 10 heteroatoms. The first-order chi connectivity index (χ1) is 17.0. The van der Waals surface area contributed by atoms with Crippen molar-refractivity contribution in [2.75, 3.05) is 7.05 Å². The SMILES string of the molecule is CNC(=O)CCCCC[C@H](NC(=O)c1cnsc1)c1ncc(-c2ccc(-c3ccn(C)n3)cc2)o1. The number of aryl methyl sites for hydroxylation is 1. The Morgan fingerprint density at radius 2 is 1.89 bits per heavy atom. The van der Waals surface area contributed by atoms with Gasteiger partial charge in [0.15, 0.2) is 5.76 Å². The van der Waals surface area contributed by atoms with E-state index >= 15 is 0 Å². The summed E-state index contributed by atoms with van der Waals surface area (Å²) in [4.78, 5) is 28.6. The zero-order valence-corrected chi connectivity index (χ0v) is 20.5. The van der Waals surface area contributed by atoms with Crippen LogP contribution in [0.5, 0.6) is 0 Å². The molecule has 182 valence electrons. The summed E-state index contributed by atoms with van der Waals surface area (Å²) in [6.07, 6.45) is 8.75. The molecule has 4 aromatic rings. The van der Waals surface area contributed by atoms with Gasteiger partial charge in [0.2, 0.25) is 11.8 Å². The van der Waals surface area contributed by atoms with E-state index in [1.165, 1.54) is 11.5 Å². The van der Waals surface area contributed by atoms with Gasteiger partial charge in [-0.15, -0.1) is 0 Å². The molecule has 0 spiro atoms. The van der Waals surface area contributed by atoms with Crippen LogP contribution in [0.25, 0.3) is 22.6 Å². The van der Waals surface area contributed by atoms with E-state index in [1.54, 1.807) is 29.5 Å². The van der Waals surface area contributed by atoms with Crippen LogP contribution in [0.15, 0.2) is 58.7 Å². The predicted octanol–water partition coefficient (Wildman–Crippen LogP) is 4.37. The predicted molar refractivity (Wildman–Crippen MR) is 134 cm³/mol. The van der Waals surface area contributed by atoms with Crippen LogP contribution in [0, 0.1) is 0 Å². The summed E-state index contributed by atoms with van der Waals surface area (Å²) < 4.78 is 11.9. The first-order valence-electron chi connectivity index (χ1n) is 11.5. The van der Waals surface area contributed by atoms with Crippen LogP contribution in [0.2, 0.25) is 0 Å². The first kappa shape index (κ1) is 24.3. The highest BCUT2D eigenvalue weighted by atomic mass is 32.1. The smallest absolute Gasteiger partial charge is 0.254 e. The quantitative estimate of drug-likeness (QED) is 0.301. The van der Waals surface area contributed by atoms with Gasteiger partial charge in [0.05, 0.1) is 23.7 Å². The van der Waals surface area contributed by atoms with Gasteiger partial charge in [-0.1, -0.05) is 37.1 Å². The molecular weight excluding hydrogens is 464 g/mol. The third kappa shape index (κ3) is 6.42. The molecule has 9 nitrogen and oxygen atoms in total. The summed E-state index contributed by atoms with van der Waals surface area (Å²) in [6, 6.07) is 9.51. The lowest BCUT2D eigenvalue weighted by Gasteiger charge is -2.15. The number of hydrogen-bond acceptors (Lipinski definition) is 7. The van der Waals surface area contributed by atoms with E-state index in [-0.39, 0.29) is 17.9 Å². The normalized spacial score (nSPS) is 11.8. The number of carbonyl (C=O) groups excluding carboxylic acids is 2. The molecule has 0 bridgehead atoms. The van der Waals surface area contributed by atoms with E-state index in [9.17, 15) is 9.59 Å². The van der Waals surface area contributed by atoms with Crippen molar-refractivity contribution in [1.82, 2.24) is 29.8 Å². The highest BCUT2D eigenvalue weighted by Gasteiger charge is 2.21. The highest BCUT2D eigenvalue weighted by Crippen LogP contribution is 2.28. The van der Waals surface area contributed by atoms with Gasteiger partial charge in [0, 0.05) is 43.2 Å². The third-order valence-electron chi connectivity index (χ3n) is 5.68. The summed E-state index contributed by atoms with van der Waals surface area (Å²) in [5.41, 5.74) is 3.32. The Bertz CT molecular complexity index is 1250. The monoisotopic (exact) mass is 492 g/mol. The van der Waals surface area contributed by atoms with Gasteiger partial charge in [-0.2, -0.15) is 5.10 Å². The van der Waals surface area contributed by atoms with Gasteiger partial charge in [-0.3, -0.25) is 14.3 Å². The number of aromatic nitrogens is 4. The molecular formula is C25H28N6O3S. The van der Waals surface area contributed by atoms with Gasteiger partial charge in [0.1, 0.15) is 6.04 Å². The third-order valence-corrected chi connectivity index (χ3v) is 6.26. The van der Waals surface area contributed by atoms with Crippen molar-refractivity contribution in [2.24, 2.45) is 7.05 Å². The number of nitrogens with one attached hydrogen (secondary N) is 2. The molecule has 0 aliphatic rings. The molecule has 35 heavy (non-hydrogen) atoms. The standard InChI is InChI=1S/C25H28N6O3S/c1-26-23(32)7-5-3-4-6-21(29-24(33)19-14-28-35-16-19)25-27-15-22(34-25)18-10-8-17(9-11-18)20-12-13-31(2)30-20/h8-16,21H,3-7H2,1-2H3,(H,26,32)(H,29,33)/t21-/m0/s1. The van der Waals surface area contributed by atoms with E-state index in [0.29, 0.717) is 30.1 Å². The van der Waals surface area contributed by atoms with Crippen LogP contribution in [-0.2, 0) is 11.8 Å². The topological polar surface area (TPSA) is 115 Å². The molecule has 1 atom stereocenters. The van der Waals surface area contributed by atoms with Crippen LogP contribution in [0.4, 0.5) is 0 Å². The van der Waals surface area contributed by atoms with Crippen LogP contribution < -0.4 is 10.6 Å². The summed E-state index contributed by atoms with van der Waals surface area (Å²) >= 11 is 1.23. The van der Waals surface area contributed by atoms with Crippen molar-refractivity contribution in [3.8, 4) is 22.6 Å². The Hall–Kier alpha value is -3.79. The van der Waals surface area contributed by atoms with Crippen LogP contribution in [0.3, 0.4) is 0 Å². The number of unbranched alkanes of at least 4 members (excludes halogenated alkanes) is 2. The molecule has 3 heterocycles. The van der Waals surface area contributed by atoms with Crippen molar-refractivity contribution in [3.05, 3.63) is 65.8 Å². The summed E-state index contributed by atoms with van der Waals surface area (Å²) in [5, 5.41) is 11.8. The molecule has 3 aromatic heterocycles. The minimum Gasteiger partial charge on any atom is -0.438 e. The average Bonchev–Trinajstić information content (AvgIpc) is 3.65. The molecule has 0 fully saturated rings. The second kappa shape index (κ2) is 11.6. The number of benzene rings is 1. The van der Waals surface area contributed by atoms with Crippen molar-refractivity contribution >= 4 is 23.3 Å². The first-order valence-corrected chi connectivity index (χ1v) is 12.3. The summed E-state index contributed by atoms with van der Waals surface area (Å²) in [7, 11) is 3.53. The molecule has 0 aliphatic carbocycles. The number of hydrogen-bond donors (Lipinski definition) is 2. The Balaban J connectivity index is 1.45. The molecule has 2 amide bonds. The Morgan fingerprint density at radius 3 is 2.57 bits per heavy atom. The summed E-state index contributed by atoms with van der Waals surface area (Å²) in [6.45, 7) is 0. The molecule has 0 unspecified atom stereocenters. The average molecular weight is 493 g/mol. The fourth-order valence-corrected chi connectivity index (χ4v) is 4.22. The Labute approximate surface area is 207 Å². The minimum atomic E-state index is -0.385. The van der Waals surface area contributed by atoms with Gasteiger partial charge < -0.3 is 15.1 Å². The van der Waals surface area contributed by atoms with Crippen molar-refractivity contribution in [1.29, 1.82) is 0 Å². The van der Waals surface area contributed by atoms with Crippen molar-refractivity contribution in [2.45, 2.75) is 38.1 Å². The van der Waals surface area contributed by atoms with E-state index in [4.69, 9.17) is 4.42 Å². The molecule has 0 saturated heterocycles. The van der Waals surface area contributed by atoms with Gasteiger partial charge >= 0.3 is 0 Å². The van der Waals surface area contributed by atoms with Crippen LogP contribution >= 0.6 is 11.5 Å². The maximum absolute atomic E-state index is 12.7. The molecule has 0 saturated carbocycles. The van der Waals surface area contributed by atoms with Crippen molar-refractivity contribution < 1.29 is 14.0 Å². The fourth-order valence-electron chi connectivity index (χ4n) is 3.71. The Morgan fingerprint density at radius 1 is 1.09 bits per heavy atom. The zero-order valence-electron chi connectivity index (χ0n) is 19.7. The van der Waals surface area contributed by atoms with Gasteiger partial charge in [-0.05, 0) is 30.4 Å². The maximum Gasteiger partial charge on any atom is 0.254 e. The number of oxazole rings is 1. The minimum absolute atomic E-state index is 0.0335. The van der Waals surface area contributed by atoms with E-state index in [0.717, 1.165) is 36.1 Å². The van der Waals surface area contributed by atoms with Gasteiger partial charge in [0.25, 0.3) is 5.91 Å². The highest BCUT2D eigenvalue weighted by molar-refractivity contribution is 7.03. The Kier molecular flexibility index (Phi) is 8.04. The maximum atomic E-state index is 12.7. The lowest BCUT2D eigenvalue weighted by atomic mass is 10.1. The van der Waals surface area contributed by atoms with Crippen molar-refractivity contribution in [3.63, 3.8) is 0 Å². The number of carbonyl (C=O) groups is 2. The number of rotatable bonds is 11. The molecule has 0 radical (unpaired) electrons. The second-order valence-electron chi connectivity index (χ2n) is 8.23. The largest absolute Gasteiger partial charge is 0.438 e. The van der Waals surface area contributed by atoms with E-state index < -0.39 is 0 Å². The van der Waals surface area contributed by atoms with Gasteiger partial charge in [-0.25, -0.2) is 9.36 Å². The molecule has 4 rings (SSSR count). The fraction of sp³-hybridized carbons (Fsp3) is 0.320. The van der Waals surface area contributed by atoms with Crippen LogP contribution in [0.1, 0.15) is 54.4 Å². The van der Waals surface area contributed by atoms with E-state index in [1.807, 2.05) is 43.6 Å². The second-order valence-corrected chi connectivity index (χ2v) is 8.88. The van der Waals surface area contributed by atoms with E-state index in [2.05, 4.69) is 25.1 Å². The lowest BCUT2D eigenvalue weighted by Crippen LogP contribution is -2.28. The molecule has 2 N–H and O–H groups in total. The van der Waals surface area contributed by atoms with Crippen LogP contribution in [-0.4, -0.2) is 38.0 Å². The molecule has 1 aromatic carbocycles. The number of amides is 2. The zero-order chi connectivity index (χ0) is 24.6.